The number of alkyl halides is 2. The molecule has 0 aromatic carbocycles. The van der Waals surface area contributed by atoms with Gasteiger partial charge >= 0.3 is 0 Å². The number of thioether (sulfide) groups is 1. The Balaban J connectivity index is 1.39. The van der Waals surface area contributed by atoms with E-state index in [1.54, 1.807) is 6.92 Å². The molecule has 2 aliphatic rings. The second kappa shape index (κ2) is 8.56. The zero-order chi connectivity index (χ0) is 21.4. The molecule has 4 heterocycles. The minimum Gasteiger partial charge on any atom is -0.437 e. The van der Waals surface area contributed by atoms with Crippen molar-refractivity contribution < 1.29 is 18.0 Å². The molecule has 0 aliphatic carbocycles. The predicted octanol–water partition coefficient (Wildman–Crippen LogP) is 3.82. The van der Waals surface area contributed by atoms with Gasteiger partial charge in [0.05, 0.1) is 17.1 Å². The topological polar surface area (TPSA) is 76.2 Å². The number of rotatable bonds is 5. The fourth-order valence-electron chi connectivity index (χ4n) is 4.29. The average Bonchev–Trinajstić information content (AvgIpc) is 3.25. The molecule has 10 heteroatoms. The summed E-state index contributed by atoms with van der Waals surface area (Å²) in [6.45, 7) is 6.80. The number of oxazole rings is 1. The Morgan fingerprint density at radius 1 is 1.40 bits per heavy atom. The summed E-state index contributed by atoms with van der Waals surface area (Å²) in [5.41, 5.74) is 1.55. The van der Waals surface area contributed by atoms with Crippen LogP contribution < -0.4 is 5.32 Å². The van der Waals surface area contributed by atoms with E-state index in [-0.39, 0.29) is 23.6 Å². The Labute approximate surface area is 178 Å². The summed E-state index contributed by atoms with van der Waals surface area (Å²) >= 11 is 1.30. The van der Waals surface area contributed by atoms with Crippen molar-refractivity contribution in [3.05, 3.63) is 23.2 Å². The lowest BCUT2D eigenvalue weighted by atomic mass is 9.86. The van der Waals surface area contributed by atoms with Crippen LogP contribution in [0.1, 0.15) is 42.5 Å². The largest absolute Gasteiger partial charge is 0.437 e. The molecule has 2 aromatic rings. The molecule has 2 aromatic heterocycles. The number of fused-ring (bicyclic) bond motifs is 1. The Morgan fingerprint density at radius 2 is 2.20 bits per heavy atom. The number of carbonyl (C=O) groups excluding carboxylic acids is 1. The molecule has 0 spiro atoms. The number of hydrogen-bond acceptors (Lipinski definition) is 6. The molecular weight excluding hydrogens is 412 g/mol. The molecule has 1 saturated heterocycles. The van der Waals surface area contributed by atoms with Gasteiger partial charge in [-0.05, 0) is 46.0 Å². The lowest BCUT2D eigenvalue weighted by Crippen LogP contribution is -2.48. The predicted molar refractivity (Wildman–Crippen MR) is 110 cm³/mol. The Bertz CT molecular complexity index is 896. The zero-order valence-corrected chi connectivity index (χ0v) is 18.2. The summed E-state index contributed by atoms with van der Waals surface area (Å²) in [6.07, 6.45) is -0.385. The fraction of sp³-hybridized carbons (Fsp3) is 0.650. The monoisotopic (exact) mass is 439 g/mol. The molecule has 1 fully saturated rings. The Kier molecular flexibility index (Phi) is 6.04. The highest BCUT2D eigenvalue weighted by molar-refractivity contribution is 7.99. The second-order valence-electron chi connectivity index (χ2n) is 8.16. The zero-order valence-electron chi connectivity index (χ0n) is 17.4. The molecule has 1 amide bonds. The van der Waals surface area contributed by atoms with Gasteiger partial charge in [-0.3, -0.25) is 4.79 Å². The van der Waals surface area contributed by atoms with Crippen LogP contribution in [0.5, 0.6) is 0 Å². The molecule has 164 valence electrons. The van der Waals surface area contributed by atoms with Gasteiger partial charge in [0.1, 0.15) is 17.6 Å². The molecule has 0 radical (unpaired) electrons. The van der Waals surface area contributed by atoms with Crippen molar-refractivity contribution in [3.8, 4) is 0 Å². The van der Waals surface area contributed by atoms with Crippen molar-refractivity contribution in [3.63, 3.8) is 0 Å². The molecule has 1 unspecified atom stereocenters. The second-order valence-corrected chi connectivity index (χ2v) is 9.08. The first-order valence-electron chi connectivity index (χ1n) is 10.3. The van der Waals surface area contributed by atoms with Gasteiger partial charge in [0.2, 0.25) is 5.91 Å². The van der Waals surface area contributed by atoms with Crippen LogP contribution in [-0.4, -0.2) is 56.9 Å². The van der Waals surface area contributed by atoms with E-state index < -0.39 is 12.5 Å². The first-order valence-corrected chi connectivity index (χ1v) is 11.3. The van der Waals surface area contributed by atoms with Crippen molar-refractivity contribution in [1.82, 2.24) is 19.7 Å². The lowest BCUT2D eigenvalue weighted by Gasteiger charge is -2.41. The number of piperidine rings is 1. The molecule has 0 bridgehead atoms. The standard InChI is InChI=1S/C20H27F2N5O2S/c1-11-7-17-24-15(8-16(19(21)22)27(17)25-11)14-5-4-6-26(9-14)18(28)10-30-20-23-12(2)13(3)29-20/h7,14-16,19,24H,4-6,8-10H2,1-3H3/t14?,15-,16+/m0/s1. The SMILES string of the molecule is Cc1cc2n(n1)[C@@H](C(F)F)C[C@@H](C1CCCN(C(=O)CSc3nc(C)c(C)o3)C1)N2. The van der Waals surface area contributed by atoms with Crippen molar-refractivity contribution in [2.24, 2.45) is 5.92 Å². The van der Waals surface area contributed by atoms with E-state index in [0.717, 1.165) is 30.0 Å². The number of halogens is 2. The number of nitrogens with one attached hydrogen (secondary N) is 1. The summed E-state index contributed by atoms with van der Waals surface area (Å²) < 4.78 is 34.3. The first kappa shape index (κ1) is 21.1. The maximum atomic E-state index is 13.7. The quantitative estimate of drug-likeness (QED) is 0.714. The third-order valence-corrected chi connectivity index (χ3v) is 6.81. The van der Waals surface area contributed by atoms with E-state index in [2.05, 4.69) is 15.4 Å². The highest BCUT2D eigenvalue weighted by Gasteiger charge is 2.38. The summed E-state index contributed by atoms with van der Waals surface area (Å²) in [5, 5.41) is 8.13. The van der Waals surface area contributed by atoms with Crippen LogP contribution in [0.15, 0.2) is 15.7 Å². The van der Waals surface area contributed by atoms with Crippen molar-refractivity contribution in [2.75, 3.05) is 24.2 Å². The number of aromatic nitrogens is 3. The molecule has 30 heavy (non-hydrogen) atoms. The number of aryl methyl sites for hydroxylation is 3. The normalized spacial score (nSPS) is 24.1. The minimum atomic E-state index is -2.47. The molecule has 1 N–H and O–H groups in total. The minimum absolute atomic E-state index is 0.0281. The van der Waals surface area contributed by atoms with E-state index in [0.29, 0.717) is 30.6 Å². The van der Waals surface area contributed by atoms with Crippen LogP contribution in [0.3, 0.4) is 0 Å². The number of amides is 1. The third kappa shape index (κ3) is 4.33. The lowest BCUT2D eigenvalue weighted by molar-refractivity contribution is -0.130. The summed E-state index contributed by atoms with van der Waals surface area (Å²) in [4.78, 5) is 18.9. The van der Waals surface area contributed by atoms with Gasteiger partial charge in [-0.15, -0.1) is 0 Å². The van der Waals surface area contributed by atoms with Gasteiger partial charge in [0.15, 0.2) is 0 Å². The summed E-state index contributed by atoms with van der Waals surface area (Å²) in [7, 11) is 0. The van der Waals surface area contributed by atoms with Gasteiger partial charge in [-0.25, -0.2) is 18.4 Å². The number of anilines is 1. The molecule has 7 nitrogen and oxygen atoms in total. The Morgan fingerprint density at radius 3 is 2.90 bits per heavy atom. The van der Waals surface area contributed by atoms with Crippen LogP contribution in [0.4, 0.5) is 14.6 Å². The van der Waals surface area contributed by atoms with Crippen molar-refractivity contribution >= 4 is 23.5 Å². The van der Waals surface area contributed by atoms with Crippen molar-refractivity contribution in [1.29, 1.82) is 0 Å². The van der Waals surface area contributed by atoms with E-state index in [1.165, 1.54) is 16.4 Å². The number of likely N-dealkylation sites (tertiary alicyclic amines) is 1. The van der Waals surface area contributed by atoms with Crippen LogP contribution in [-0.2, 0) is 4.79 Å². The van der Waals surface area contributed by atoms with Crippen LogP contribution in [0.2, 0.25) is 0 Å². The number of hydrogen-bond donors (Lipinski definition) is 1. The maximum Gasteiger partial charge on any atom is 0.260 e. The third-order valence-electron chi connectivity index (χ3n) is 6.00. The molecular formula is C20H27F2N5O2S. The van der Waals surface area contributed by atoms with Crippen LogP contribution in [0, 0.1) is 26.7 Å². The summed E-state index contributed by atoms with van der Waals surface area (Å²) in [5.74, 6) is 1.82. The van der Waals surface area contributed by atoms with Crippen molar-refractivity contribution in [2.45, 2.75) is 63.8 Å². The van der Waals surface area contributed by atoms with Crippen LogP contribution >= 0.6 is 11.8 Å². The van der Waals surface area contributed by atoms with Gasteiger partial charge in [0, 0.05) is 25.2 Å². The highest BCUT2D eigenvalue weighted by Crippen LogP contribution is 2.36. The maximum absolute atomic E-state index is 13.7. The smallest absolute Gasteiger partial charge is 0.260 e. The van der Waals surface area contributed by atoms with Gasteiger partial charge in [0.25, 0.3) is 11.6 Å². The number of carbonyl (C=O) groups is 1. The molecule has 0 saturated carbocycles. The first-order chi connectivity index (χ1) is 14.3. The average molecular weight is 440 g/mol. The van der Waals surface area contributed by atoms with Gasteiger partial charge < -0.3 is 14.6 Å². The molecule has 4 rings (SSSR count). The number of nitrogens with zero attached hydrogens (tertiary/aromatic N) is 4. The van der Waals surface area contributed by atoms with E-state index >= 15 is 0 Å². The van der Waals surface area contributed by atoms with E-state index in [4.69, 9.17) is 4.42 Å². The van der Waals surface area contributed by atoms with Crippen LogP contribution in [0.25, 0.3) is 0 Å². The highest BCUT2D eigenvalue weighted by atomic mass is 32.2. The van der Waals surface area contributed by atoms with E-state index in [1.807, 2.05) is 24.8 Å². The molecule has 3 atom stereocenters. The molecule has 2 aliphatic heterocycles. The van der Waals surface area contributed by atoms with Gasteiger partial charge in [-0.2, -0.15) is 5.10 Å². The Hall–Kier alpha value is -2.10. The fourth-order valence-corrected chi connectivity index (χ4v) is 5.11. The summed E-state index contributed by atoms with van der Waals surface area (Å²) in [6, 6.07) is 0.774. The van der Waals surface area contributed by atoms with Gasteiger partial charge in [-0.1, -0.05) is 11.8 Å². The van der Waals surface area contributed by atoms with E-state index in [9.17, 15) is 13.6 Å².